The molecular weight excluding hydrogens is 559 g/mol. The molecule has 1 aliphatic carbocycles. The first-order chi connectivity index (χ1) is 19.1. The molecule has 210 valence electrons. The van der Waals surface area contributed by atoms with Crippen molar-refractivity contribution in [1.82, 2.24) is 10.6 Å². The maximum absolute atomic E-state index is 14.1. The summed E-state index contributed by atoms with van der Waals surface area (Å²) in [4.78, 5) is 36.5. The lowest BCUT2D eigenvalue weighted by Gasteiger charge is -2.19. The zero-order chi connectivity index (χ0) is 29.0. The van der Waals surface area contributed by atoms with Crippen LogP contribution >= 0.6 is 11.8 Å². The van der Waals surface area contributed by atoms with E-state index in [-0.39, 0.29) is 24.2 Å². The first kappa shape index (κ1) is 28.9. The molecular formula is C27H21F5N2O5S. The number of alkyl carbamates (subject to hydrolysis) is 1. The summed E-state index contributed by atoms with van der Waals surface area (Å²) < 4.78 is 78.5. The van der Waals surface area contributed by atoms with E-state index in [2.05, 4.69) is 15.4 Å². The molecule has 0 heterocycles. The monoisotopic (exact) mass is 580 g/mol. The Morgan fingerprint density at radius 3 is 1.93 bits per heavy atom. The van der Waals surface area contributed by atoms with Gasteiger partial charge in [0.1, 0.15) is 12.6 Å². The van der Waals surface area contributed by atoms with E-state index >= 15 is 0 Å². The Kier molecular flexibility index (Phi) is 8.93. The van der Waals surface area contributed by atoms with Crippen LogP contribution in [0.2, 0.25) is 0 Å². The number of carbonyl (C=O) groups is 3. The van der Waals surface area contributed by atoms with Crippen LogP contribution < -0.4 is 15.4 Å². The lowest BCUT2D eigenvalue weighted by atomic mass is 9.98. The topological polar surface area (TPSA) is 93.7 Å². The van der Waals surface area contributed by atoms with E-state index in [1.54, 1.807) is 0 Å². The van der Waals surface area contributed by atoms with Crippen LogP contribution in [0.1, 0.15) is 24.0 Å². The number of ether oxygens (including phenoxy) is 2. The van der Waals surface area contributed by atoms with Crippen molar-refractivity contribution in [1.29, 1.82) is 0 Å². The minimum atomic E-state index is -2.42. The van der Waals surface area contributed by atoms with Crippen LogP contribution in [-0.2, 0) is 14.3 Å². The molecule has 3 aromatic rings. The molecule has 7 nitrogen and oxygen atoms in total. The number of hydrogen-bond acceptors (Lipinski definition) is 6. The molecule has 0 saturated carbocycles. The van der Waals surface area contributed by atoms with Gasteiger partial charge in [-0.2, -0.15) is 8.78 Å². The molecule has 40 heavy (non-hydrogen) atoms. The number of halogens is 5. The molecule has 0 saturated heterocycles. The van der Waals surface area contributed by atoms with Crippen molar-refractivity contribution in [2.24, 2.45) is 0 Å². The predicted octanol–water partition coefficient (Wildman–Crippen LogP) is 5.02. The molecule has 0 fully saturated rings. The van der Waals surface area contributed by atoms with Gasteiger partial charge in [0.15, 0.2) is 0 Å². The van der Waals surface area contributed by atoms with Gasteiger partial charge < -0.3 is 20.1 Å². The maximum atomic E-state index is 14.1. The highest BCUT2D eigenvalue weighted by molar-refractivity contribution is 7.99. The van der Waals surface area contributed by atoms with E-state index in [9.17, 15) is 36.3 Å². The Hall–Kier alpha value is -4.13. The number of carbonyl (C=O) groups excluding carboxylic acids is 3. The fourth-order valence-electron chi connectivity index (χ4n) is 4.13. The summed E-state index contributed by atoms with van der Waals surface area (Å²) in [6, 6.07) is 13.5. The molecule has 0 spiro atoms. The standard InChI is InChI=1S/C27H21F5N2O5S/c1-13(35)33-12-40-11-19(26(36)39-25-23(31)21(29)20(28)22(30)24(25)32)34-27(37)38-10-18-16-8-4-2-6-14(16)15-7-3-5-9-17(15)18/h2-9,18-19H,10-12H2,1H3,(H,33,35)(H,34,37)/t19-/m0/s1. The van der Waals surface area contributed by atoms with Crippen LogP contribution in [0.4, 0.5) is 26.7 Å². The average Bonchev–Trinajstić information content (AvgIpc) is 3.27. The van der Waals surface area contributed by atoms with Gasteiger partial charge in [-0.1, -0.05) is 48.5 Å². The summed E-state index contributed by atoms with van der Waals surface area (Å²) in [7, 11) is 0. The third-order valence-electron chi connectivity index (χ3n) is 6.00. The second-order valence-corrected chi connectivity index (χ2v) is 9.62. The lowest BCUT2D eigenvalue weighted by molar-refractivity contribution is -0.136. The summed E-state index contributed by atoms with van der Waals surface area (Å²) in [5.74, 6) is -16.1. The zero-order valence-electron chi connectivity index (χ0n) is 20.7. The largest absolute Gasteiger partial charge is 0.449 e. The van der Waals surface area contributed by atoms with Gasteiger partial charge in [-0.05, 0) is 22.3 Å². The molecule has 1 atom stereocenters. The van der Waals surface area contributed by atoms with Gasteiger partial charge >= 0.3 is 12.1 Å². The Morgan fingerprint density at radius 2 is 1.38 bits per heavy atom. The maximum Gasteiger partial charge on any atom is 0.407 e. The van der Waals surface area contributed by atoms with E-state index in [4.69, 9.17) is 4.74 Å². The summed E-state index contributed by atoms with van der Waals surface area (Å²) in [5, 5.41) is 4.63. The highest BCUT2D eigenvalue weighted by atomic mass is 32.2. The van der Waals surface area contributed by atoms with Gasteiger partial charge in [-0.25, -0.2) is 22.8 Å². The molecule has 4 rings (SSSR count). The molecule has 0 unspecified atom stereocenters. The predicted molar refractivity (Wildman–Crippen MR) is 135 cm³/mol. The molecule has 0 radical (unpaired) electrons. The Labute approximate surface area is 229 Å². The average molecular weight is 581 g/mol. The SMILES string of the molecule is CC(=O)NCSC[C@H](NC(=O)OCC1c2ccccc2-c2ccccc21)C(=O)Oc1c(F)c(F)c(F)c(F)c1F. The number of fused-ring (bicyclic) bond motifs is 3. The van der Waals surface area contributed by atoms with E-state index in [1.807, 2.05) is 48.5 Å². The van der Waals surface area contributed by atoms with Gasteiger partial charge in [0, 0.05) is 18.6 Å². The number of esters is 1. The Morgan fingerprint density at radius 1 is 0.850 bits per heavy atom. The fourth-order valence-corrected chi connectivity index (χ4v) is 5.00. The van der Waals surface area contributed by atoms with Gasteiger partial charge in [0.05, 0.1) is 5.88 Å². The van der Waals surface area contributed by atoms with Crippen LogP contribution in [0, 0.1) is 29.1 Å². The van der Waals surface area contributed by atoms with Crippen molar-refractivity contribution in [2.45, 2.75) is 18.9 Å². The van der Waals surface area contributed by atoms with Gasteiger partial charge in [0.25, 0.3) is 0 Å². The van der Waals surface area contributed by atoms with Gasteiger partial charge in [-0.15, -0.1) is 11.8 Å². The number of amides is 2. The zero-order valence-corrected chi connectivity index (χ0v) is 21.6. The van der Waals surface area contributed by atoms with Crippen molar-refractivity contribution in [3.05, 3.63) is 88.7 Å². The molecule has 0 aliphatic heterocycles. The molecule has 2 N–H and O–H groups in total. The van der Waals surface area contributed by atoms with Crippen LogP contribution in [0.25, 0.3) is 11.1 Å². The number of thioether (sulfide) groups is 1. The van der Waals surface area contributed by atoms with Crippen molar-refractivity contribution in [3.8, 4) is 16.9 Å². The van der Waals surface area contributed by atoms with Crippen LogP contribution in [0.5, 0.6) is 5.75 Å². The minimum absolute atomic E-state index is 0.0198. The Bertz CT molecular complexity index is 1400. The smallest absolute Gasteiger partial charge is 0.407 e. The summed E-state index contributed by atoms with van der Waals surface area (Å²) in [5.41, 5.74) is 3.80. The van der Waals surface area contributed by atoms with E-state index in [1.165, 1.54) is 6.92 Å². The van der Waals surface area contributed by atoms with Crippen molar-refractivity contribution >= 4 is 29.7 Å². The molecule has 1 aliphatic rings. The number of benzene rings is 3. The molecule has 2 amide bonds. The van der Waals surface area contributed by atoms with Gasteiger partial charge in [0.2, 0.25) is 40.7 Å². The quantitative estimate of drug-likeness (QED) is 0.0703. The summed E-state index contributed by atoms with van der Waals surface area (Å²) in [6.45, 7) is 1.11. The normalized spacial score (nSPS) is 12.8. The van der Waals surface area contributed by atoms with Crippen molar-refractivity contribution < 1.29 is 45.8 Å². The summed E-state index contributed by atoms with van der Waals surface area (Å²) in [6.07, 6.45) is -1.10. The van der Waals surface area contributed by atoms with Crippen molar-refractivity contribution in [2.75, 3.05) is 18.2 Å². The molecule has 13 heteroatoms. The number of nitrogens with one attached hydrogen (secondary N) is 2. The minimum Gasteiger partial charge on any atom is -0.449 e. The third kappa shape index (κ3) is 6.03. The molecule has 0 aromatic heterocycles. The van der Waals surface area contributed by atoms with Crippen LogP contribution in [-0.4, -0.2) is 42.2 Å². The second-order valence-electron chi connectivity index (χ2n) is 8.59. The fraction of sp³-hybridized carbons (Fsp3) is 0.222. The highest BCUT2D eigenvalue weighted by Crippen LogP contribution is 2.44. The molecule has 3 aromatic carbocycles. The first-order valence-electron chi connectivity index (χ1n) is 11.8. The lowest BCUT2D eigenvalue weighted by Crippen LogP contribution is -2.45. The summed E-state index contributed by atoms with van der Waals surface area (Å²) >= 11 is 0.914. The Balaban J connectivity index is 1.48. The molecule has 0 bridgehead atoms. The second kappa shape index (κ2) is 12.4. The van der Waals surface area contributed by atoms with E-state index in [0.717, 1.165) is 34.0 Å². The number of hydrogen-bond donors (Lipinski definition) is 2. The van der Waals surface area contributed by atoms with Gasteiger partial charge in [-0.3, -0.25) is 4.79 Å². The van der Waals surface area contributed by atoms with Crippen LogP contribution in [0.3, 0.4) is 0 Å². The first-order valence-corrected chi connectivity index (χ1v) is 12.9. The van der Waals surface area contributed by atoms with Crippen molar-refractivity contribution in [3.63, 3.8) is 0 Å². The van der Waals surface area contributed by atoms with E-state index < -0.39 is 58.8 Å². The highest BCUT2D eigenvalue weighted by Gasteiger charge is 2.33. The van der Waals surface area contributed by atoms with Crippen LogP contribution in [0.15, 0.2) is 48.5 Å². The third-order valence-corrected chi connectivity index (χ3v) is 6.92. The number of rotatable bonds is 9. The van der Waals surface area contributed by atoms with E-state index in [0.29, 0.717) is 0 Å².